The van der Waals surface area contributed by atoms with Crippen LogP contribution in [-0.2, 0) is 6.42 Å². The molecular formula is C16H22N4O. The van der Waals surface area contributed by atoms with Crippen molar-refractivity contribution in [1.82, 2.24) is 15.0 Å². The summed E-state index contributed by atoms with van der Waals surface area (Å²) >= 11 is 0. The van der Waals surface area contributed by atoms with Gasteiger partial charge in [-0.1, -0.05) is 26.3 Å². The molecule has 2 rings (SSSR count). The van der Waals surface area contributed by atoms with Crippen molar-refractivity contribution in [2.24, 2.45) is 0 Å². The van der Waals surface area contributed by atoms with Crippen LogP contribution in [0.15, 0.2) is 24.3 Å². The number of nitrogens with one attached hydrogen (secondary N) is 1. The summed E-state index contributed by atoms with van der Waals surface area (Å²) in [5, 5.41) is 3.32. The molecule has 2 heterocycles. The molecule has 5 heteroatoms. The Morgan fingerprint density at radius 2 is 1.95 bits per heavy atom. The average molecular weight is 286 g/mol. The predicted molar refractivity (Wildman–Crippen MR) is 84.6 cm³/mol. The molecule has 0 aliphatic heterocycles. The SMILES string of the molecule is CCCNc1cc(CCC)nc(-c2cccc(OC)n2)n1. The molecule has 0 bridgehead atoms. The molecule has 0 fully saturated rings. The molecule has 0 unspecified atom stereocenters. The van der Waals surface area contributed by atoms with Crippen LogP contribution in [0.3, 0.4) is 0 Å². The highest BCUT2D eigenvalue weighted by atomic mass is 16.5. The minimum Gasteiger partial charge on any atom is -0.481 e. The first-order chi connectivity index (χ1) is 10.3. The zero-order valence-corrected chi connectivity index (χ0v) is 12.9. The highest BCUT2D eigenvalue weighted by molar-refractivity contribution is 5.54. The van der Waals surface area contributed by atoms with Gasteiger partial charge in [0.2, 0.25) is 5.88 Å². The van der Waals surface area contributed by atoms with E-state index in [-0.39, 0.29) is 0 Å². The summed E-state index contributed by atoms with van der Waals surface area (Å²) in [5.74, 6) is 2.06. The Balaban J connectivity index is 2.37. The lowest BCUT2D eigenvalue weighted by molar-refractivity contribution is 0.398. The summed E-state index contributed by atoms with van der Waals surface area (Å²) in [4.78, 5) is 13.6. The zero-order valence-electron chi connectivity index (χ0n) is 12.9. The Labute approximate surface area is 125 Å². The Kier molecular flexibility index (Phi) is 5.49. The molecular weight excluding hydrogens is 264 g/mol. The highest BCUT2D eigenvalue weighted by Gasteiger charge is 2.08. The number of hydrogen-bond acceptors (Lipinski definition) is 5. The minimum atomic E-state index is 0.570. The van der Waals surface area contributed by atoms with Crippen molar-refractivity contribution >= 4 is 5.82 Å². The van der Waals surface area contributed by atoms with Crippen molar-refractivity contribution in [1.29, 1.82) is 0 Å². The van der Waals surface area contributed by atoms with Crippen molar-refractivity contribution in [2.75, 3.05) is 19.0 Å². The molecule has 1 N–H and O–H groups in total. The van der Waals surface area contributed by atoms with Crippen LogP contribution in [0.25, 0.3) is 11.5 Å². The molecule has 2 aromatic rings. The molecule has 0 aromatic carbocycles. The van der Waals surface area contributed by atoms with Crippen LogP contribution < -0.4 is 10.1 Å². The third-order valence-corrected chi connectivity index (χ3v) is 3.00. The van der Waals surface area contributed by atoms with E-state index in [0.717, 1.165) is 43.0 Å². The molecule has 112 valence electrons. The van der Waals surface area contributed by atoms with Crippen LogP contribution >= 0.6 is 0 Å². The van der Waals surface area contributed by atoms with Gasteiger partial charge in [0, 0.05) is 24.4 Å². The van der Waals surface area contributed by atoms with Gasteiger partial charge in [0.1, 0.15) is 11.5 Å². The van der Waals surface area contributed by atoms with Crippen LogP contribution in [0.1, 0.15) is 32.4 Å². The van der Waals surface area contributed by atoms with Gasteiger partial charge in [-0.3, -0.25) is 0 Å². The van der Waals surface area contributed by atoms with Gasteiger partial charge in [0.05, 0.1) is 7.11 Å². The molecule has 0 aliphatic carbocycles. The number of methoxy groups -OCH3 is 1. The smallest absolute Gasteiger partial charge is 0.213 e. The second kappa shape index (κ2) is 7.57. The maximum Gasteiger partial charge on any atom is 0.213 e. The van der Waals surface area contributed by atoms with Gasteiger partial charge in [-0.05, 0) is 18.9 Å². The number of nitrogens with zero attached hydrogens (tertiary/aromatic N) is 3. The molecule has 21 heavy (non-hydrogen) atoms. The molecule has 0 saturated carbocycles. The fourth-order valence-electron chi connectivity index (χ4n) is 1.99. The summed E-state index contributed by atoms with van der Waals surface area (Å²) in [6, 6.07) is 7.63. The predicted octanol–water partition coefficient (Wildman–Crippen LogP) is 3.32. The van der Waals surface area contributed by atoms with E-state index in [1.807, 2.05) is 24.3 Å². The summed E-state index contributed by atoms with van der Waals surface area (Å²) < 4.78 is 5.17. The lowest BCUT2D eigenvalue weighted by Gasteiger charge is -2.09. The van der Waals surface area contributed by atoms with Crippen molar-refractivity contribution in [3.63, 3.8) is 0 Å². The quantitative estimate of drug-likeness (QED) is 0.846. The Hall–Kier alpha value is -2.17. The third-order valence-electron chi connectivity index (χ3n) is 3.00. The Morgan fingerprint density at radius 1 is 1.10 bits per heavy atom. The van der Waals surface area contributed by atoms with Gasteiger partial charge >= 0.3 is 0 Å². The topological polar surface area (TPSA) is 59.9 Å². The fourth-order valence-corrected chi connectivity index (χ4v) is 1.99. The van der Waals surface area contributed by atoms with Crippen LogP contribution in [0, 0.1) is 0 Å². The zero-order chi connectivity index (χ0) is 15.1. The van der Waals surface area contributed by atoms with E-state index in [9.17, 15) is 0 Å². The monoisotopic (exact) mass is 286 g/mol. The van der Waals surface area contributed by atoms with E-state index >= 15 is 0 Å². The first-order valence-electron chi connectivity index (χ1n) is 7.40. The van der Waals surface area contributed by atoms with Crippen molar-refractivity contribution in [3.05, 3.63) is 30.0 Å². The number of anilines is 1. The lowest BCUT2D eigenvalue weighted by Crippen LogP contribution is -2.06. The van der Waals surface area contributed by atoms with E-state index < -0.39 is 0 Å². The summed E-state index contributed by atoms with van der Waals surface area (Å²) in [6.45, 7) is 5.17. The first-order valence-corrected chi connectivity index (χ1v) is 7.40. The number of pyridine rings is 1. The number of aryl methyl sites for hydroxylation is 1. The summed E-state index contributed by atoms with van der Waals surface area (Å²) in [7, 11) is 1.61. The lowest BCUT2D eigenvalue weighted by atomic mass is 10.2. The van der Waals surface area contributed by atoms with Crippen molar-refractivity contribution in [3.8, 4) is 17.4 Å². The molecule has 0 aliphatic rings. The molecule has 5 nitrogen and oxygen atoms in total. The van der Waals surface area contributed by atoms with E-state index in [1.54, 1.807) is 7.11 Å². The second-order valence-corrected chi connectivity index (χ2v) is 4.81. The maximum absolute atomic E-state index is 5.17. The van der Waals surface area contributed by atoms with Gasteiger partial charge in [-0.15, -0.1) is 0 Å². The van der Waals surface area contributed by atoms with Crippen molar-refractivity contribution < 1.29 is 4.74 Å². The van der Waals surface area contributed by atoms with Gasteiger partial charge < -0.3 is 10.1 Å². The fraction of sp³-hybridized carbons (Fsp3) is 0.438. The first kappa shape index (κ1) is 15.2. The van der Waals surface area contributed by atoms with Crippen LogP contribution in [-0.4, -0.2) is 28.6 Å². The Morgan fingerprint density at radius 3 is 2.67 bits per heavy atom. The Bertz CT molecular complexity index is 586. The number of ether oxygens (including phenoxy) is 1. The van der Waals surface area contributed by atoms with E-state index in [0.29, 0.717) is 11.7 Å². The molecule has 0 saturated heterocycles. The second-order valence-electron chi connectivity index (χ2n) is 4.81. The van der Waals surface area contributed by atoms with Gasteiger partial charge in [-0.25, -0.2) is 15.0 Å². The van der Waals surface area contributed by atoms with Crippen LogP contribution in [0.2, 0.25) is 0 Å². The molecule has 0 radical (unpaired) electrons. The maximum atomic E-state index is 5.17. The number of aromatic nitrogens is 3. The summed E-state index contributed by atoms with van der Waals surface area (Å²) in [6.07, 6.45) is 3.04. The van der Waals surface area contributed by atoms with E-state index in [4.69, 9.17) is 4.74 Å². The molecule has 0 amide bonds. The van der Waals surface area contributed by atoms with Crippen LogP contribution in [0.5, 0.6) is 5.88 Å². The standard InChI is InChI=1S/C16H22N4O/c1-4-7-12-11-14(17-10-5-2)20-16(18-12)13-8-6-9-15(19-13)21-3/h6,8-9,11H,4-5,7,10H2,1-3H3,(H,17,18,20). The van der Waals surface area contributed by atoms with Crippen molar-refractivity contribution in [2.45, 2.75) is 33.1 Å². The third kappa shape index (κ3) is 4.15. The van der Waals surface area contributed by atoms with Gasteiger partial charge in [0.15, 0.2) is 5.82 Å². The van der Waals surface area contributed by atoms with Crippen LogP contribution in [0.4, 0.5) is 5.82 Å². The minimum absolute atomic E-state index is 0.570. The average Bonchev–Trinajstić information content (AvgIpc) is 2.53. The number of hydrogen-bond donors (Lipinski definition) is 1. The molecule has 2 aromatic heterocycles. The highest BCUT2D eigenvalue weighted by Crippen LogP contribution is 2.19. The largest absolute Gasteiger partial charge is 0.481 e. The number of rotatable bonds is 7. The normalized spacial score (nSPS) is 10.4. The van der Waals surface area contributed by atoms with Gasteiger partial charge in [0.25, 0.3) is 0 Å². The molecule has 0 atom stereocenters. The van der Waals surface area contributed by atoms with Gasteiger partial charge in [-0.2, -0.15) is 0 Å². The van der Waals surface area contributed by atoms with E-state index in [2.05, 4.69) is 34.1 Å². The van der Waals surface area contributed by atoms with E-state index in [1.165, 1.54) is 0 Å². The molecule has 0 spiro atoms. The summed E-state index contributed by atoms with van der Waals surface area (Å²) in [5.41, 5.74) is 1.76.